The van der Waals surface area contributed by atoms with Gasteiger partial charge in [0.25, 0.3) is 0 Å². The molecule has 0 saturated carbocycles. The fourth-order valence-corrected chi connectivity index (χ4v) is 4.07. The van der Waals surface area contributed by atoms with Gasteiger partial charge in [-0.1, -0.05) is 31.2 Å². The molecule has 10 nitrogen and oxygen atoms in total. The Hall–Kier alpha value is -4.52. The molecule has 0 unspecified atom stereocenters. The van der Waals surface area contributed by atoms with E-state index in [1.54, 1.807) is 45.0 Å². The molecule has 0 spiro atoms. The second-order valence-electron chi connectivity index (χ2n) is 10.7. The Labute approximate surface area is 233 Å². The van der Waals surface area contributed by atoms with E-state index in [1.165, 1.54) is 24.3 Å². The summed E-state index contributed by atoms with van der Waals surface area (Å²) in [5, 5.41) is 33.6. The van der Waals surface area contributed by atoms with E-state index in [9.17, 15) is 34.5 Å². The summed E-state index contributed by atoms with van der Waals surface area (Å²) < 4.78 is 5.38. The number of esters is 1. The van der Waals surface area contributed by atoms with Crippen LogP contribution >= 0.6 is 0 Å². The molecule has 2 aromatic rings. The number of nitrogens with one attached hydrogen (secondary N) is 2. The van der Waals surface area contributed by atoms with Crippen LogP contribution in [0.2, 0.25) is 0 Å². The predicted molar refractivity (Wildman–Crippen MR) is 147 cm³/mol. The number of phenols is 2. The fraction of sp³-hybridized carbons (Fsp3) is 0.400. The van der Waals surface area contributed by atoms with Crippen LogP contribution in [0, 0.1) is 12.3 Å². The number of ether oxygens (including phenoxy) is 1. The van der Waals surface area contributed by atoms with E-state index in [-0.39, 0.29) is 30.8 Å². The molecule has 2 atom stereocenters. The summed E-state index contributed by atoms with van der Waals surface area (Å²) in [4.78, 5) is 49.9. The quantitative estimate of drug-likeness (QED) is 0.198. The molecule has 2 aromatic carbocycles. The smallest absolute Gasteiger partial charge is 0.329 e. The van der Waals surface area contributed by atoms with Crippen molar-refractivity contribution in [3.63, 3.8) is 0 Å². The Morgan fingerprint density at radius 3 is 1.75 bits per heavy atom. The van der Waals surface area contributed by atoms with E-state index in [2.05, 4.69) is 16.6 Å². The lowest BCUT2D eigenvalue weighted by Crippen LogP contribution is -2.49. The van der Waals surface area contributed by atoms with Crippen LogP contribution in [0.4, 0.5) is 0 Å². The largest absolute Gasteiger partial charge is 0.508 e. The highest BCUT2D eigenvalue weighted by Gasteiger charge is 2.33. The topological polar surface area (TPSA) is 162 Å². The third-order valence-corrected chi connectivity index (χ3v) is 6.23. The molecule has 5 N–H and O–H groups in total. The third-order valence-electron chi connectivity index (χ3n) is 6.23. The number of aromatic hydroxyl groups is 2. The van der Waals surface area contributed by atoms with Gasteiger partial charge in [0.05, 0.1) is 6.42 Å². The number of aliphatic carboxylic acids is 1. The highest BCUT2D eigenvalue weighted by atomic mass is 16.6. The second kappa shape index (κ2) is 13.5. The van der Waals surface area contributed by atoms with Gasteiger partial charge in [-0.25, -0.2) is 9.59 Å². The van der Waals surface area contributed by atoms with Crippen LogP contribution < -0.4 is 10.6 Å². The first kappa shape index (κ1) is 31.7. The van der Waals surface area contributed by atoms with Crippen LogP contribution in [0.25, 0.3) is 0 Å². The minimum atomic E-state index is -1.37. The van der Waals surface area contributed by atoms with E-state index < -0.39 is 53.3 Å². The number of carboxylic acid groups (broad SMARTS) is 1. The Kier molecular flexibility index (Phi) is 10.7. The second-order valence-corrected chi connectivity index (χ2v) is 10.7. The Morgan fingerprint density at radius 1 is 0.850 bits per heavy atom. The molecule has 0 radical (unpaired) electrons. The van der Waals surface area contributed by atoms with Gasteiger partial charge in [0.2, 0.25) is 11.8 Å². The zero-order chi connectivity index (χ0) is 30.1. The number of carbonyl (C=O) groups is 4. The maximum Gasteiger partial charge on any atom is 0.329 e. The van der Waals surface area contributed by atoms with Crippen LogP contribution in [-0.4, -0.2) is 56.8 Å². The molecule has 0 bridgehead atoms. The zero-order valence-electron chi connectivity index (χ0n) is 23.1. The molecular formula is C30H36N2O8. The fourth-order valence-electron chi connectivity index (χ4n) is 4.07. The van der Waals surface area contributed by atoms with Crippen LogP contribution in [0.15, 0.2) is 48.5 Å². The van der Waals surface area contributed by atoms with Crippen molar-refractivity contribution >= 4 is 23.8 Å². The standard InChI is InChI=1S/C30H36N2O8/c1-6-7-23(27(37)38)31-26(36)18-24(28(39)40-29(2,3)4)32-25(35)16-17-30(5,19-8-12-21(33)13-9-19)20-10-14-22(34)15-11-20/h1,8-15,23-24,33-34H,7,16-18H2,2-5H3,(H,31,36)(H,32,35)(H,37,38)/t23-,24-/m0/s1. The maximum absolute atomic E-state index is 13.1. The molecule has 2 amide bonds. The van der Waals surface area contributed by atoms with Gasteiger partial charge in [-0.05, 0) is 62.6 Å². The van der Waals surface area contributed by atoms with Crippen LogP contribution in [0.1, 0.15) is 64.5 Å². The average molecular weight is 553 g/mol. The summed E-state index contributed by atoms with van der Waals surface area (Å²) in [7, 11) is 0. The molecule has 40 heavy (non-hydrogen) atoms. The van der Waals surface area contributed by atoms with Crippen molar-refractivity contribution < 1.29 is 39.2 Å². The molecule has 214 valence electrons. The lowest BCUT2D eigenvalue weighted by atomic mass is 9.73. The van der Waals surface area contributed by atoms with Gasteiger partial charge in [0, 0.05) is 18.3 Å². The lowest BCUT2D eigenvalue weighted by molar-refractivity contribution is -0.159. The number of carboxylic acids is 1. The minimum Gasteiger partial charge on any atom is -0.508 e. The van der Waals surface area contributed by atoms with Crippen molar-refractivity contribution in [2.24, 2.45) is 0 Å². The molecule has 10 heteroatoms. The number of carbonyl (C=O) groups excluding carboxylic acids is 3. The number of hydrogen-bond donors (Lipinski definition) is 5. The summed E-state index contributed by atoms with van der Waals surface area (Å²) in [5.41, 5.74) is -0.0124. The molecule has 2 rings (SSSR count). The summed E-state index contributed by atoms with van der Waals surface area (Å²) in [6.45, 7) is 6.82. The van der Waals surface area contributed by atoms with Crippen molar-refractivity contribution in [3.8, 4) is 23.8 Å². The van der Waals surface area contributed by atoms with E-state index in [0.717, 1.165) is 11.1 Å². The van der Waals surface area contributed by atoms with Gasteiger partial charge in [0.15, 0.2) is 0 Å². The van der Waals surface area contributed by atoms with Crippen molar-refractivity contribution in [2.75, 3.05) is 0 Å². The van der Waals surface area contributed by atoms with Gasteiger partial charge >= 0.3 is 11.9 Å². The Morgan fingerprint density at radius 2 is 1.32 bits per heavy atom. The molecule has 0 aromatic heterocycles. The molecule has 0 aliphatic carbocycles. The lowest BCUT2D eigenvalue weighted by Gasteiger charge is -2.31. The van der Waals surface area contributed by atoms with Crippen LogP contribution in [0.5, 0.6) is 11.5 Å². The summed E-state index contributed by atoms with van der Waals surface area (Å²) in [6.07, 6.45) is 4.58. The SMILES string of the molecule is C#CC[C@H](NC(=O)C[C@H](NC(=O)CCC(C)(c1ccc(O)cc1)c1ccc(O)cc1)C(=O)OC(C)(C)C)C(=O)O. The third kappa shape index (κ3) is 9.34. The summed E-state index contributed by atoms with van der Waals surface area (Å²) >= 11 is 0. The molecule has 0 fully saturated rings. The van der Waals surface area contributed by atoms with Crippen molar-refractivity contribution in [3.05, 3.63) is 59.7 Å². The normalized spacial score (nSPS) is 12.9. The van der Waals surface area contributed by atoms with E-state index >= 15 is 0 Å². The van der Waals surface area contributed by atoms with E-state index in [4.69, 9.17) is 11.2 Å². The van der Waals surface area contributed by atoms with Crippen LogP contribution in [-0.2, 0) is 29.3 Å². The highest BCUT2D eigenvalue weighted by Crippen LogP contribution is 2.37. The monoisotopic (exact) mass is 552 g/mol. The average Bonchev–Trinajstić information content (AvgIpc) is 2.86. The zero-order valence-corrected chi connectivity index (χ0v) is 23.1. The molecule has 0 heterocycles. The van der Waals surface area contributed by atoms with Gasteiger partial charge in [-0.15, -0.1) is 12.3 Å². The number of terminal acetylenes is 1. The molecule has 0 saturated heterocycles. The highest BCUT2D eigenvalue weighted by molar-refractivity contribution is 5.91. The first-order valence-corrected chi connectivity index (χ1v) is 12.7. The number of benzene rings is 2. The van der Waals surface area contributed by atoms with Crippen molar-refractivity contribution in [2.45, 2.75) is 76.5 Å². The van der Waals surface area contributed by atoms with Crippen molar-refractivity contribution in [1.82, 2.24) is 10.6 Å². The number of rotatable bonds is 12. The molecule has 0 aliphatic heterocycles. The summed E-state index contributed by atoms with van der Waals surface area (Å²) in [5.74, 6) is -1.16. The Bertz CT molecular complexity index is 1190. The molecular weight excluding hydrogens is 516 g/mol. The first-order valence-electron chi connectivity index (χ1n) is 12.7. The number of hydrogen-bond acceptors (Lipinski definition) is 7. The van der Waals surface area contributed by atoms with Gasteiger partial charge in [0.1, 0.15) is 29.2 Å². The maximum atomic E-state index is 13.1. The van der Waals surface area contributed by atoms with Crippen molar-refractivity contribution in [1.29, 1.82) is 0 Å². The van der Waals surface area contributed by atoms with Gasteiger partial charge < -0.3 is 30.7 Å². The van der Waals surface area contributed by atoms with Gasteiger partial charge in [-0.3, -0.25) is 9.59 Å². The molecule has 0 aliphatic rings. The first-order chi connectivity index (χ1) is 18.6. The predicted octanol–water partition coefficient (Wildman–Crippen LogP) is 2.99. The van der Waals surface area contributed by atoms with Crippen LogP contribution in [0.3, 0.4) is 0 Å². The van der Waals surface area contributed by atoms with Gasteiger partial charge in [-0.2, -0.15) is 0 Å². The van der Waals surface area contributed by atoms with E-state index in [0.29, 0.717) is 0 Å². The number of amides is 2. The number of phenolic OH excluding ortho intramolecular Hbond substituents is 2. The minimum absolute atomic E-state index is 0.0615. The summed E-state index contributed by atoms with van der Waals surface area (Å²) in [6, 6.07) is 10.4. The van der Waals surface area contributed by atoms with E-state index in [1.807, 2.05) is 6.92 Å². The Balaban J connectivity index is 2.24.